The molecule has 1 aromatic rings. The van der Waals surface area contributed by atoms with E-state index in [2.05, 4.69) is 5.32 Å². The summed E-state index contributed by atoms with van der Waals surface area (Å²) in [5, 5.41) is 2.92. The van der Waals surface area contributed by atoms with E-state index < -0.39 is 10.0 Å². The van der Waals surface area contributed by atoms with E-state index in [4.69, 9.17) is 17.3 Å². The molecule has 0 aliphatic carbocycles. The SMILES string of the molecule is Cc1cc(S(=O)(=O)N2CCNC(=O)C2)cc(N)c1Cl. The van der Waals surface area contributed by atoms with E-state index in [0.29, 0.717) is 17.1 Å². The first-order valence-electron chi connectivity index (χ1n) is 5.65. The van der Waals surface area contributed by atoms with E-state index in [1.54, 1.807) is 6.92 Å². The van der Waals surface area contributed by atoms with E-state index in [1.807, 2.05) is 0 Å². The van der Waals surface area contributed by atoms with Crippen LogP contribution in [0.4, 0.5) is 5.69 Å². The molecule has 104 valence electrons. The first-order chi connectivity index (χ1) is 8.82. The number of hydrogen-bond donors (Lipinski definition) is 2. The molecule has 1 heterocycles. The fourth-order valence-electron chi connectivity index (χ4n) is 1.88. The second kappa shape index (κ2) is 4.99. The predicted molar refractivity (Wildman–Crippen MR) is 72.4 cm³/mol. The van der Waals surface area contributed by atoms with Gasteiger partial charge in [0.15, 0.2) is 0 Å². The number of carbonyl (C=O) groups excluding carboxylic acids is 1. The minimum atomic E-state index is -3.72. The van der Waals surface area contributed by atoms with Crippen LogP contribution in [-0.2, 0) is 14.8 Å². The number of nitrogens with two attached hydrogens (primary N) is 1. The lowest BCUT2D eigenvalue weighted by Crippen LogP contribution is -2.49. The van der Waals surface area contributed by atoms with Crippen LogP contribution in [0.25, 0.3) is 0 Å². The van der Waals surface area contributed by atoms with Gasteiger partial charge in [-0.15, -0.1) is 0 Å². The number of piperazine rings is 1. The third-order valence-electron chi connectivity index (χ3n) is 2.90. The van der Waals surface area contributed by atoms with Gasteiger partial charge in [-0.3, -0.25) is 4.79 Å². The maximum Gasteiger partial charge on any atom is 0.243 e. The second-order valence-electron chi connectivity index (χ2n) is 4.33. The van der Waals surface area contributed by atoms with E-state index in [9.17, 15) is 13.2 Å². The summed E-state index contributed by atoms with van der Waals surface area (Å²) in [4.78, 5) is 11.3. The van der Waals surface area contributed by atoms with Gasteiger partial charge in [-0.1, -0.05) is 11.6 Å². The van der Waals surface area contributed by atoms with Crippen molar-refractivity contribution in [2.45, 2.75) is 11.8 Å². The van der Waals surface area contributed by atoms with Crippen LogP contribution < -0.4 is 11.1 Å². The van der Waals surface area contributed by atoms with Crippen molar-refractivity contribution < 1.29 is 13.2 Å². The number of halogens is 1. The maximum absolute atomic E-state index is 12.4. The highest BCUT2D eigenvalue weighted by Crippen LogP contribution is 2.28. The molecule has 0 unspecified atom stereocenters. The molecule has 0 aromatic heterocycles. The van der Waals surface area contributed by atoms with Gasteiger partial charge in [0.25, 0.3) is 0 Å². The largest absolute Gasteiger partial charge is 0.397 e. The van der Waals surface area contributed by atoms with Crippen LogP contribution in [0.5, 0.6) is 0 Å². The molecule has 1 amide bonds. The Morgan fingerprint density at radius 2 is 2.11 bits per heavy atom. The molecule has 0 saturated carbocycles. The topological polar surface area (TPSA) is 92.5 Å². The highest BCUT2D eigenvalue weighted by atomic mass is 35.5. The summed E-state index contributed by atoms with van der Waals surface area (Å²) in [6.07, 6.45) is 0. The first-order valence-corrected chi connectivity index (χ1v) is 7.46. The van der Waals surface area contributed by atoms with Gasteiger partial charge >= 0.3 is 0 Å². The number of rotatable bonds is 2. The second-order valence-corrected chi connectivity index (χ2v) is 6.65. The standard InChI is InChI=1S/C11H14ClN3O3S/c1-7-4-8(5-9(13)11(7)12)19(17,18)15-3-2-14-10(16)6-15/h4-5H,2-3,6,13H2,1H3,(H,14,16). The quantitative estimate of drug-likeness (QED) is 0.771. The zero-order chi connectivity index (χ0) is 14.2. The van der Waals surface area contributed by atoms with Crippen molar-refractivity contribution in [2.24, 2.45) is 0 Å². The Labute approximate surface area is 116 Å². The summed E-state index contributed by atoms with van der Waals surface area (Å²) < 4.78 is 25.9. The lowest BCUT2D eigenvalue weighted by Gasteiger charge is -2.26. The molecule has 2 rings (SSSR count). The number of nitrogens with zero attached hydrogens (tertiary/aromatic N) is 1. The molecule has 3 N–H and O–H groups in total. The predicted octanol–water partition coefficient (Wildman–Crippen LogP) is 0.351. The summed E-state index contributed by atoms with van der Waals surface area (Å²) in [7, 11) is -3.72. The zero-order valence-corrected chi connectivity index (χ0v) is 11.9. The number of nitrogen functional groups attached to an aromatic ring is 1. The van der Waals surface area contributed by atoms with Crippen LogP contribution in [0, 0.1) is 6.92 Å². The number of nitrogens with one attached hydrogen (secondary N) is 1. The van der Waals surface area contributed by atoms with Crippen LogP contribution in [0.15, 0.2) is 17.0 Å². The van der Waals surface area contributed by atoms with Crippen molar-refractivity contribution in [1.82, 2.24) is 9.62 Å². The van der Waals surface area contributed by atoms with Gasteiger partial charge in [0.2, 0.25) is 15.9 Å². The molecule has 1 saturated heterocycles. The molecule has 0 bridgehead atoms. The van der Waals surface area contributed by atoms with Crippen molar-refractivity contribution in [1.29, 1.82) is 0 Å². The summed E-state index contributed by atoms with van der Waals surface area (Å²) in [5.74, 6) is -0.312. The summed E-state index contributed by atoms with van der Waals surface area (Å²) in [5.41, 5.74) is 6.48. The van der Waals surface area contributed by atoms with Gasteiger partial charge < -0.3 is 11.1 Å². The number of benzene rings is 1. The summed E-state index contributed by atoms with van der Waals surface area (Å²) in [6, 6.07) is 2.78. The van der Waals surface area contributed by atoms with Crippen molar-refractivity contribution in [3.63, 3.8) is 0 Å². The van der Waals surface area contributed by atoms with E-state index >= 15 is 0 Å². The Morgan fingerprint density at radius 3 is 2.68 bits per heavy atom. The van der Waals surface area contributed by atoms with Crippen molar-refractivity contribution in [2.75, 3.05) is 25.4 Å². The highest BCUT2D eigenvalue weighted by molar-refractivity contribution is 7.89. The molecule has 1 aliphatic heterocycles. The number of anilines is 1. The molecule has 0 radical (unpaired) electrons. The zero-order valence-electron chi connectivity index (χ0n) is 10.3. The third-order valence-corrected chi connectivity index (χ3v) is 5.24. The first kappa shape index (κ1) is 14.1. The minimum Gasteiger partial charge on any atom is -0.397 e. The lowest BCUT2D eigenvalue weighted by molar-refractivity contribution is -0.122. The number of hydrogen-bond acceptors (Lipinski definition) is 4. The average Bonchev–Trinajstić information content (AvgIpc) is 2.35. The fraction of sp³-hybridized carbons (Fsp3) is 0.364. The molecule has 8 heteroatoms. The van der Waals surface area contributed by atoms with E-state index in [1.165, 1.54) is 12.1 Å². The van der Waals surface area contributed by atoms with E-state index in [-0.39, 0.29) is 29.6 Å². The molecule has 1 aromatic carbocycles. The molecule has 1 aliphatic rings. The van der Waals surface area contributed by atoms with Crippen LogP contribution in [-0.4, -0.2) is 38.3 Å². The molecule has 6 nitrogen and oxygen atoms in total. The van der Waals surface area contributed by atoms with Gasteiger partial charge in [0.05, 0.1) is 22.2 Å². The molecule has 0 spiro atoms. The molecule has 0 atom stereocenters. The van der Waals surface area contributed by atoms with Crippen molar-refractivity contribution in [3.8, 4) is 0 Å². The summed E-state index contributed by atoms with van der Waals surface area (Å²) in [6.45, 7) is 2.06. The van der Waals surface area contributed by atoms with Gasteiger partial charge in [0.1, 0.15) is 0 Å². The van der Waals surface area contributed by atoms with Crippen LogP contribution >= 0.6 is 11.6 Å². The Hall–Kier alpha value is -1.31. The molecular formula is C11H14ClN3O3S. The molecule has 19 heavy (non-hydrogen) atoms. The number of carbonyl (C=O) groups is 1. The van der Waals surface area contributed by atoms with Crippen LogP contribution in [0.1, 0.15) is 5.56 Å². The van der Waals surface area contributed by atoms with Gasteiger partial charge in [-0.25, -0.2) is 8.42 Å². The Kier molecular flexibility index (Phi) is 3.71. The van der Waals surface area contributed by atoms with Crippen molar-refractivity contribution >= 4 is 33.2 Å². The Balaban J connectivity index is 2.42. The number of sulfonamides is 1. The Morgan fingerprint density at radius 1 is 1.42 bits per heavy atom. The smallest absolute Gasteiger partial charge is 0.243 e. The van der Waals surface area contributed by atoms with Gasteiger partial charge in [-0.05, 0) is 24.6 Å². The Bertz CT molecular complexity index is 607. The maximum atomic E-state index is 12.4. The highest BCUT2D eigenvalue weighted by Gasteiger charge is 2.29. The minimum absolute atomic E-state index is 0.0570. The molecular weight excluding hydrogens is 290 g/mol. The lowest BCUT2D eigenvalue weighted by atomic mass is 10.2. The average molecular weight is 304 g/mol. The van der Waals surface area contributed by atoms with Crippen LogP contribution in [0.2, 0.25) is 5.02 Å². The monoisotopic (exact) mass is 303 g/mol. The van der Waals surface area contributed by atoms with Crippen LogP contribution in [0.3, 0.4) is 0 Å². The summed E-state index contributed by atoms with van der Waals surface area (Å²) >= 11 is 5.91. The number of aryl methyl sites for hydroxylation is 1. The normalized spacial score (nSPS) is 17.3. The van der Waals surface area contributed by atoms with E-state index in [0.717, 1.165) is 4.31 Å². The molecule has 1 fully saturated rings. The third kappa shape index (κ3) is 2.68. The van der Waals surface area contributed by atoms with Gasteiger partial charge in [0, 0.05) is 13.1 Å². The van der Waals surface area contributed by atoms with Gasteiger partial charge in [-0.2, -0.15) is 4.31 Å². The van der Waals surface area contributed by atoms with Crippen molar-refractivity contribution in [3.05, 3.63) is 22.7 Å². The number of amides is 1. The fourth-order valence-corrected chi connectivity index (χ4v) is 3.51.